The molecule has 0 bridgehead atoms. The molecule has 172 valence electrons. The highest BCUT2D eigenvalue weighted by molar-refractivity contribution is 6.04. The van der Waals surface area contributed by atoms with E-state index in [-0.39, 0.29) is 18.4 Å². The van der Waals surface area contributed by atoms with Gasteiger partial charge in [-0.15, -0.1) is 0 Å². The zero-order valence-corrected chi connectivity index (χ0v) is 18.8. The van der Waals surface area contributed by atoms with Crippen LogP contribution in [0.25, 0.3) is 0 Å². The van der Waals surface area contributed by atoms with E-state index >= 15 is 0 Å². The highest BCUT2D eigenvalue weighted by Gasteiger charge is 2.08. The Bertz CT molecular complexity index is 1080. The molecule has 3 N–H and O–H groups in total. The molecule has 0 saturated heterocycles. The van der Waals surface area contributed by atoms with E-state index in [1.165, 1.54) is 0 Å². The number of benzene rings is 3. The first-order valence-electron chi connectivity index (χ1n) is 10.3. The smallest absolute Gasteiger partial charge is 0.255 e. The molecule has 33 heavy (non-hydrogen) atoms. The Balaban J connectivity index is 1.46. The standard InChI is InChI=1S/C25H27N3O5/c1-31-21-11-9-20(10-12-21)28-25(30)18-5-7-19(8-6-18)26-16-24(29)27-15-17-4-13-22(32-2)23(14-17)33-3/h4-14,26H,15-16H2,1-3H3,(H,27,29)(H,28,30). The fourth-order valence-electron chi connectivity index (χ4n) is 3.05. The molecular weight excluding hydrogens is 422 g/mol. The SMILES string of the molecule is COc1ccc(NC(=O)c2ccc(NCC(=O)NCc3ccc(OC)c(OC)c3)cc2)cc1. The minimum atomic E-state index is -0.223. The first-order valence-corrected chi connectivity index (χ1v) is 10.3. The number of carbonyl (C=O) groups excluding carboxylic acids is 2. The van der Waals surface area contributed by atoms with Gasteiger partial charge in [0.15, 0.2) is 11.5 Å². The number of anilines is 2. The van der Waals surface area contributed by atoms with Crippen LogP contribution in [-0.4, -0.2) is 39.7 Å². The molecule has 0 radical (unpaired) electrons. The zero-order valence-electron chi connectivity index (χ0n) is 18.8. The summed E-state index contributed by atoms with van der Waals surface area (Å²) in [6.45, 7) is 0.468. The van der Waals surface area contributed by atoms with E-state index in [0.717, 1.165) is 17.0 Å². The summed E-state index contributed by atoms with van der Waals surface area (Å²) in [5, 5.41) is 8.73. The van der Waals surface area contributed by atoms with Crippen LogP contribution in [0.15, 0.2) is 66.7 Å². The summed E-state index contributed by atoms with van der Waals surface area (Å²) in [5.74, 6) is 1.58. The average Bonchev–Trinajstić information content (AvgIpc) is 2.86. The van der Waals surface area contributed by atoms with Gasteiger partial charge >= 0.3 is 0 Å². The number of hydrogen-bond acceptors (Lipinski definition) is 6. The van der Waals surface area contributed by atoms with Crippen molar-refractivity contribution in [3.05, 3.63) is 77.9 Å². The van der Waals surface area contributed by atoms with Crippen molar-refractivity contribution in [3.8, 4) is 17.2 Å². The predicted molar refractivity (Wildman–Crippen MR) is 127 cm³/mol. The van der Waals surface area contributed by atoms with Gasteiger partial charge in [-0.1, -0.05) is 6.07 Å². The molecule has 8 heteroatoms. The minimum Gasteiger partial charge on any atom is -0.497 e. The first-order chi connectivity index (χ1) is 16.0. The molecule has 0 unspecified atom stereocenters. The molecule has 0 aliphatic rings. The number of methoxy groups -OCH3 is 3. The Labute approximate surface area is 192 Å². The van der Waals surface area contributed by atoms with E-state index in [1.807, 2.05) is 12.1 Å². The second-order valence-electron chi connectivity index (χ2n) is 7.08. The summed E-state index contributed by atoms with van der Waals surface area (Å²) in [4.78, 5) is 24.6. The quantitative estimate of drug-likeness (QED) is 0.437. The van der Waals surface area contributed by atoms with Crippen molar-refractivity contribution in [3.63, 3.8) is 0 Å². The third-order valence-electron chi connectivity index (χ3n) is 4.89. The second kappa shape index (κ2) is 11.4. The molecule has 0 aliphatic heterocycles. The molecule has 2 amide bonds. The van der Waals surface area contributed by atoms with E-state index in [9.17, 15) is 9.59 Å². The van der Waals surface area contributed by atoms with Gasteiger partial charge in [-0.2, -0.15) is 0 Å². The van der Waals surface area contributed by atoms with Gasteiger partial charge in [0.25, 0.3) is 5.91 Å². The van der Waals surface area contributed by atoms with Crippen LogP contribution in [0.3, 0.4) is 0 Å². The molecule has 0 aliphatic carbocycles. The molecule has 0 heterocycles. The van der Waals surface area contributed by atoms with E-state index in [0.29, 0.717) is 29.3 Å². The maximum atomic E-state index is 12.4. The molecule has 8 nitrogen and oxygen atoms in total. The van der Waals surface area contributed by atoms with Crippen molar-refractivity contribution >= 4 is 23.2 Å². The van der Waals surface area contributed by atoms with Gasteiger partial charge in [-0.3, -0.25) is 9.59 Å². The van der Waals surface area contributed by atoms with Crippen molar-refractivity contribution in [2.24, 2.45) is 0 Å². The van der Waals surface area contributed by atoms with Gasteiger partial charge in [0, 0.05) is 23.5 Å². The highest BCUT2D eigenvalue weighted by atomic mass is 16.5. The summed E-state index contributed by atoms with van der Waals surface area (Å²) in [6, 6.07) is 19.5. The number of nitrogens with one attached hydrogen (secondary N) is 3. The highest BCUT2D eigenvalue weighted by Crippen LogP contribution is 2.27. The van der Waals surface area contributed by atoms with Crippen LogP contribution in [0.1, 0.15) is 15.9 Å². The van der Waals surface area contributed by atoms with Gasteiger partial charge in [0.1, 0.15) is 5.75 Å². The lowest BCUT2D eigenvalue weighted by Crippen LogP contribution is -2.29. The lowest BCUT2D eigenvalue weighted by Gasteiger charge is -2.11. The third kappa shape index (κ3) is 6.64. The van der Waals surface area contributed by atoms with Crippen LogP contribution >= 0.6 is 0 Å². The number of amides is 2. The Hall–Kier alpha value is -4.20. The summed E-state index contributed by atoms with van der Waals surface area (Å²) in [5.41, 5.74) is 2.81. The van der Waals surface area contributed by atoms with Crippen molar-refractivity contribution in [1.82, 2.24) is 5.32 Å². The Morgan fingerprint density at radius 1 is 0.758 bits per heavy atom. The maximum absolute atomic E-state index is 12.4. The number of ether oxygens (including phenoxy) is 3. The van der Waals surface area contributed by atoms with Gasteiger partial charge in [-0.25, -0.2) is 0 Å². The van der Waals surface area contributed by atoms with Crippen LogP contribution in [0, 0.1) is 0 Å². The number of hydrogen-bond donors (Lipinski definition) is 3. The van der Waals surface area contributed by atoms with Crippen LogP contribution in [0.2, 0.25) is 0 Å². The monoisotopic (exact) mass is 449 g/mol. The molecule has 3 aromatic carbocycles. The van der Waals surface area contributed by atoms with Crippen LogP contribution in [0.4, 0.5) is 11.4 Å². The first kappa shape index (κ1) is 23.5. The zero-order chi connectivity index (χ0) is 23.6. The van der Waals surface area contributed by atoms with Crippen molar-refractivity contribution < 1.29 is 23.8 Å². The average molecular weight is 450 g/mol. The van der Waals surface area contributed by atoms with Crippen molar-refractivity contribution in [1.29, 1.82) is 0 Å². The molecule has 0 spiro atoms. The second-order valence-corrected chi connectivity index (χ2v) is 7.08. The molecule has 3 aromatic rings. The molecule has 0 saturated carbocycles. The minimum absolute atomic E-state index is 0.102. The Morgan fingerprint density at radius 3 is 2.06 bits per heavy atom. The van der Waals surface area contributed by atoms with Crippen LogP contribution in [0.5, 0.6) is 17.2 Å². The predicted octanol–water partition coefficient (Wildman–Crippen LogP) is 3.69. The van der Waals surface area contributed by atoms with Crippen LogP contribution in [-0.2, 0) is 11.3 Å². The summed E-state index contributed by atoms with van der Waals surface area (Å²) >= 11 is 0. The summed E-state index contributed by atoms with van der Waals surface area (Å²) in [6.07, 6.45) is 0. The molecule has 0 atom stereocenters. The third-order valence-corrected chi connectivity index (χ3v) is 4.89. The lowest BCUT2D eigenvalue weighted by atomic mass is 10.2. The fraction of sp³-hybridized carbons (Fsp3) is 0.200. The van der Waals surface area contributed by atoms with Gasteiger partial charge in [-0.05, 0) is 66.2 Å². The van der Waals surface area contributed by atoms with E-state index < -0.39 is 0 Å². The Morgan fingerprint density at radius 2 is 1.42 bits per heavy atom. The normalized spacial score (nSPS) is 10.2. The lowest BCUT2D eigenvalue weighted by molar-refractivity contribution is -0.119. The molecule has 0 fully saturated rings. The number of carbonyl (C=O) groups is 2. The van der Waals surface area contributed by atoms with Gasteiger partial charge in [0.2, 0.25) is 5.91 Å². The van der Waals surface area contributed by atoms with E-state index in [2.05, 4.69) is 16.0 Å². The van der Waals surface area contributed by atoms with Crippen molar-refractivity contribution in [2.75, 3.05) is 38.5 Å². The topological polar surface area (TPSA) is 97.9 Å². The number of rotatable bonds is 10. The maximum Gasteiger partial charge on any atom is 0.255 e. The summed E-state index contributed by atoms with van der Waals surface area (Å²) in [7, 11) is 4.73. The molecular formula is C25H27N3O5. The Kier molecular flexibility index (Phi) is 8.13. The van der Waals surface area contributed by atoms with E-state index in [1.54, 1.807) is 75.9 Å². The van der Waals surface area contributed by atoms with Gasteiger partial charge < -0.3 is 30.2 Å². The molecule has 3 rings (SSSR count). The van der Waals surface area contributed by atoms with E-state index in [4.69, 9.17) is 14.2 Å². The summed E-state index contributed by atoms with van der Waals surface area (Å²) < 4.78 is 15.6. The largest absolute Gasteiger partial charge is 0.497 e. The van der Waals surface area contributed by atoms with Crippen LogP contribution < -0.4 is 30.2 Å². The fourth-order valence-corrected chi connectivity index (χ4v) is 3.05. The van der Waals surface area contributed by atoms with Gasteiger partial charge in [0.05, 0.1) is 27.9 Å². The van der Waals surface area contributed by atoms with Crippen molar-refractivity contribution in [2.45, 2.75) is 6.54 Å². The molecule has 0 aromatic heterocycles.